The summed E-state index contributed by atoms with van der Waals surface area (Å²) in [4.78, 5) is 14.5. The molecular weight excluding hydrogens is 184 g/mol. The van der Waals surface area contributed by atoms with Gasteiger partial charge in [0, 0.05) is 13.3 Å². The van der Waals surface area contributed by atoms with Crippen LogP contribution in [0.5, 0.6) is 0 Å². The van der Waals surface area contributed by atoms with Gasteiger partial charge in [0.2, 0.25) is 0 Å². The minimum atomic E-state index is -3.36. The molecule has 0 aromatic rings. The lowest BCUT2D eigenvalue weighted by Crippen LogP contribution is -2.18. The Morgan fingerprint density at radius 2 is 2.00 bits per heavy atom. The number of rotatable bonds is 1. The first-order valence-corrected chi connectivity index (χ1v) is 4.90. The summed E-state index contributed by atoms with van der Waals surface area (Å²) in [5.74, 6) is 0. The van der Waals surface area contributed by atoms with E-state index in [-0.39, 0.29) is 5.04 Å². The largest absolute Gasteiger partial charge is 0.433 e. The van der Waals surface area contributed by atoms with E-state index in [4.69, 9.17) is 0 Å². The van der Waals surface area contributed by atoms with Crippen molar-refractivity contribution in [1.29, 1.82) is 0 Å². The Kier molecular flexibility index (Phi) is 3.68. The van der Waals surface area contributed by atoms with E-state index in [1.165, 1.54) is 14.0 Å². The molecule has 0 unspecified atom stereocenters. The number of carbonyl (C=O) groups excluding carboxylic acids is 1. The number of oxime groups is 1. The van der Waals surface area contributed by atoms with Crippen molar-refractivity contribution in [1.82, 2.24) is 5.32 Å². The zero-order valence-corrected chi connectivity index (χ0v) is 7.80. The lowest BCUT2D eigenvalue weighted by molar-refractivity contribution is 0.153. The molecule has 0 rings (SSSR count). The Morgan fingerprint density at radius 1 is 1.50 bits per heavy atom. The van der Waals surface area contributed by atoms with Gasteiger partial charge >= 0.3 is 6.09 Å². The molecule has 1 N–H and O–H groups in total. The molecule has 0 radical (unpaired) electrons. The smallest absolute Gasteiger partial charge is 0.323 e. The molecule has 0 saturated carbocycles. The van der Waals surface area contributed by atoms with Gasteiger partial charge < -0.3 is 5.32 Å². The fraction of sp³-hybridized carbons (Fsp3) is 0.600. The monoisotopic (exact) mass is 194 g/mol. The number of hydrogen-bond acceptors (Lipinski definition) is 5. The first-order valence-electron chi connectivity index (χ1n) is 3.01. The first-order chi connectivity index (χ1) is 5.38. The normalized spacial score (nSPS) is 12.4. The van der Waals surface area contributed by atoms with Crippen molar-refractivity contribution in [2.24, 2.45) is 5.16 Å². The highest BCUT2D eigenvalue weighted by atomic mass is 32.2. The average molecular weight is 194 g/mol. The Morgan fingerprint density at radius 3 is 2.33 bits per heavy atom. The molecule has 0 fully saturated rings. The predicted molar refractivity (Wildman–Crippen MR) is 43.5 cm³/mol. The summed E-state index contributed by atoms with van der Waals surface area (Å²) in [7, 11) is -2.02. The van der Waals surface area contributed by atoms with Crippen LogP contribution in [0.3, 0.4) is 0 Å². The van der Waals surface area contributed by atoms with E-state index >= 15 is 0 Å². The molecule has 7 heteroatoms. The van der Waals surface area contributed by atoms with Crippen molar-refractivity contribution in [2.75, 3.05) is 13.3 Å². The zero-order chi connectivity index (χ0) is 9.78. The summed E-state index contributed by atoms with van der Waals surface area (Å²) in [6.07, 6.45) is 0.164. The van der Waals surface area contributed by atoms with Gasteiger partial charge in [-0.1, -0.05) is 5.16 Å². The van der Waals surface area contributed by atoms with Crippen molar-refractivity contribution in [3.63, 3.8) is 0 Å². The van der Waals surface area contributed by atoms with Gasteiger partial charge in [-0.2, -0.15) is 0 Å². The van der Waals surface area contributed by atoms with E-state index in [9.17, 15) is 13.2 Å². The van der Waals surface area contributed by atoms with Crippen LogP contribution in [0.4, 0.5) is 4.79 Å². The minimum absolute atomic E-state index is 0.244. The van der Waals surface area contributed by atoms with E-state index < -0.39 is 15.9 Å². The molecule has 6 nitrogen and oxygen atoms in total. The maximum absolute atomic E-state index is 10.7. The highest BCUT2D eigenvalue weighted by molar-refractivity contribution is 8.05. The van der Waals surface area contributed by atoms with Gasteiger partial charge in [-0.05, 0) is 6.92 Å². The molecule has 0 aliphatic heterocycles. The van der Waals surface area contributed by atoms with Gasteiger partial charge in [-0.25, -0.2) is 13.2 Å². The molecule has 0 aliphatic carbocycles. The van der Waals surface area contributed by atoms with Crippen LogP contribution in [0.25, 0.3) is 0 Å². The van der Waals surface area contributed by atoms with Gasteiger partial charge in [0.25, 0.3) is 0 Å². The molecule has 70 valence electrons. The fourth-order valence-corrected chi connectivity index (χ4v) is 0.392. The number of carbonyl (C=O) groups is 1. The second kappa shape index (κ2) is 4.05. The molecular formula is C5H10N2O4S. The third kappa shape index (κ3) is 3.91. The van der Waals surface area contributed by atoms with Gasteiger partial charge in [0.1, 0.15) is 0 Å². The van der Waals surface area contributed by atoms with E-state index in [0.717, 1.165) is 6.26 Å². The summed E-state index contributed by atoms with van der Waals surface area (Å²) >= 11 is 0. The SMILES string of the molecule is CNC(=O)O/N=C(\C)S(C)(=O)=O. The molecule has 0 spiro atoms. The number of hydrogen-bond donors (Lipinski definition) is 1. The van der Waals surface area contributed by atoms with E-state index in [0.29, 0.717) is 0 Å². The van der Waals surface area contributed by atoms with Crippen LogP contribution in [-0.4, -0.2) is 32.9 Å². The molecule has 12 heavy (non-hydrogen) atoms. The van der Waals surface area contributed by atoms with Crippen molar-refractivity contribution in [2.45, 2.75) is 6.92 Å². The van der Waals surface area contributed by atoms with E-state index in [1.807, 2.05) is 0 Å². The maximum Gasteiger partial charge on any atom is 0.433 e. The zero-order valence-electron chi connectivity index (χ0n) is 6.99. The summed E-state index contributed by atoms with van der Waals surface area (Å²) in [6, 6.07) is 0. The van der Waals surface area contributed by atoms with Gasteiger partial charge in [-0.15, -0.1) is 0 Å². The molecule has 1 amide bonds. The third-order valence-electron chi connectivity index (χ3n) is 0.998. The van der Waals surface area contributed by atoms with Gasteiger partial charge in [-0.3, -0.25) is 4.84 Å². The standard InChI is InChI=1S/C5H10N2O4S/c1-4(12(3,9)10)7-11-5(8)6-2/h1-3H3,(H,6,8)/b7-4+. The van der Waals surface area contributed by atoms with Crippen LogP contribution in [0.1, 0.15) is 6.92 Å². The fourth-order valence-electron chi connectivity index (χ4n) is 0.219. The number of nitrogens with zero attached hydrogens (tertiary/aromatic N) is 1. The van der Waals surface area contributed by atoms with Crippen LogP contribution < -0.4 is 5.32 Å². The summed E-state index contributed by atoms with van der Waals surface area (Å²) in [6.45, 7) is 1.23. The molecule has 0 heterocycles. The minimum Gasteiger partial charge on any atom is -0.323 e. The van der Waals surface area contributed by atoms with E-state index in [2.05, 4.69) is 15.3 Å². The van der Waals surface area contributed by atoms with Gasteiger partial charge in [0.15, 0.2) is 14.9 Å². The van der Waals surface area contributed by atoms with Crippen molar-refractivity contribution < 1.29 is 18.0 Å². The molecule has 0 aliphatic rings. The number of amides is 1. The highest BCUT2D eigenvalue weighted by Crippen LogP contribution is 1.90. The molecule has 0 saturated heterocycles. The van der Waals surface area contributed by atoms with Crippen molar-refractivity contribution in [3.05, 3.63) is 0 Å². The summed E-state index contributed by atoms with van der Waals surface area (Å²) in [5, 5.41) is 4.95. The second-order valence-electron chi connectivity index (χ2n) is 2.01. The Labute approximate surface area is 70.5 Å². The van der Waals surface area contributed by atoms with Crippen LogP contribution in [-0.2, 0) is 14.7 Å². The van der Waals surface area contributed by atoms with Crippen LogP contribution in [0.2, 0.25) is 0 Å². The number of sulfone groups is 1. The van der Waals surface area contributed by atoms with Crippen LogP contribution in [0, 0.1) is 0 Å². The molecule has 0 aromatic heterocycles. The van der Waals surface area contributed by atoms with Crippen LogP contribution in [0.15, 0.2) is 5.16 Å². The maximum atomic E-state index is 10.7. The van der Waals surface area contributed by atoms with Crippen molar-refractivity contribution in [3.8, 4) is 0 Å². The summed E-state index contributed by atoms with van der Waals surface area (Å²) in [5.41, 5.74) is 0. The quantitative estimate of drug-likeness (QED) is 0.269. The highest BCUT2D eigenvalue weighted by Gasteiger charge is 2.08. The van der Waals surface area contributed by atoms with Crippen molar-refractivity contribution >= 4 is 21.0 Å². The van der Waals surface area contributed by atoms with Gasteiger partial charge in [0.05, 0.1) is 0 Å². The summed E-state index contributed by atoms with van der Waals surface area (Å²) < 4.78 is 21.4. The topological polar surface area (TPSA) is 84.8 Å². The molecule has 0 atom stereocenters. The predicted octanol–water partition coefficient (Wildman–Crippen LogP) is -0.280. The number of nitrogens with one attached hydrogen (secondary N) is 1. The third-order valence-corrected chi connectivity index (χ3v) is 2.15. The molecule has 0 aromatic carbocycles. The Hall–Kier alpha value is -1.11. The lowest BCUT2D eigenvalue weighted by Gasteiger charge is -1.96. The van der Waals surface area contributed by atoms with E-state index in [1.54, 1.807) is 0 Å². The lowest BCUT2D eigenvalue weighted by atomic mass is 10.9. The average Bonchev–Trinajstić information content (AvgIpc) is 1.97. The Balaban J connectivity index is 4.31. The Bertz CT molecular complexity index is 293. The first kappa shape index (κ1) is 10.9. The van der Waals surface area contributed by atoms with Crippen LogP contribution >= 0.6 is 0 Å². The molecule has 0 bridgehead atoms. The second-order valence-corrected chi connectivity index (χ2v) is 4.15.